The van der Waals surface area contributed by atoms with E-state index in [0.29, 0.717) is 0 Å². The number of amides is 1. The van der Waals surface area contributed by atoms with Gasteiger partial charge in [0.05, 0.1) is 12.1 Å². The minimum atomic E-state index is -0.0479. The van der Waals surface area contributed by atoms with Crippen molar-refractivity contribution in [2.24, 2.45) is 0 Å². The molecule has 0 spiro atoms. The number of ether oxygens (including phenoxy) is 1. The van der Waals surface area contributed by atoms with Gasteiger partial charge in [-0.3, -0.25) is 9.69 Å². The Balaban J connectivity index is 1.72. The first-order valence-corrected chi connectivity index (χ1v) is 7.52. The molecule has 2 unspecified atom stereocenters. The molecule has 1 amide bonds. The number of carbonyl (C=O) groups is 1. The van der Waals surface area contributed by atoms with Gasteiger partial charge in [-0.1, -0.05) is 0 Å². The third-order valence-corrected chi connectivity index (χ3v) is 4.27. The van der Waals surface area contributed by atoms with E-state index < -0.39 is 0 Å². The summed E-state index contributed by atoms with van der Waals surface area (Å²) in [4.78, 5) is 19.1. The molecule has 2 atom stereocenters. The van der Waals surface area contributed by atoms with Gasteiger partial charge in [-0.05, 0) is 20.5 Å². The van der Waals surface area contributed by atoms with Crippen LogP contribution in [0, 0.1) is 0 Å². The number of hydrogen-bond donors (Lipinski definition) is 1. The summed E-state index contributed by atoms with van der Waals surface area (Å²) in [6, 6.07) is -0.0479. The Kier molecular flexibility index (Phi) is 5.77. The van der Waals surface area contributed by atoms with Crippen molar-refractivity contribution >= 4 is 5.91 Å². The first-order chi connectivity index (χ1) is 9.60. The quantitative estimate of drug-likeness (QED) is 0.707. The fourth-order valence-electron chi connectivity index (χ4n) is 2.82. The molecule has 2 fully saturated rings. The van der Waals surface area contributed by atoms with Crippen LogP contribution < -0.4 is 5.32 Å². The Morgan fingerprint density at radius 1 is 1.30 bits per heavy atom. The number of nitrogens with zero attached hydrogens (tertiary/aromatic N) is 3. The molecule has 1 N–H and O–H groups in total. The first-order valence-electron chi connectivity index (χ1n) is 7.52. The molecule has 2 aliphatic heterocycles. The molecule has 0 bridgehead atoms. The van der Waals surface area contributed by atoms with Crippen LogP contribution in [0.5, 0.6) is 0 Å². The molecule has 2 heterocycles. The molecular formula is C14H28N4O2. The summed E-state index contributed by atoms with van der Waals surface area (Å²) < 4.78 is 5.30. The van der Waals surface area contributed by atoms with Crippen molar-refractivity contribution in [3.05, 3.63) is 0 Å². The molecule has 0 aromatic carbocycles. The lowest BCUT2D eigenvalue weighted by Gasteiger charge is -2.36. The number of hydrogen-bond acceptors (Lipinski definition) is 5. The highest BCUT2D eigenvalue weighted by Crippen LogP contribution is 2.13. The second-order valence-electron chi connectivity index (χ2n) is 6.02. The molecular weight excluding hydrogens is 256 g/mol. The van der Waals surface area contributed by atoms with Crippen LogP contribution in [0.1, 0.15) is 6.42 Å². The zero-order valence-corrected chi connectivity index (χ0v) is 13.0. The largest absolute Gasteiger partial charge is 0.380 e. The van der Waals surface area contributed by atoms with Crippen molar-refractivity contribution in [1.82, 2.24) is 20.0 Å². The van der Waals surface area contributed by atoms with Crippen LogP contribution in [0.15, 0.2) is 0 Å². The van der Waals surface area contributed by atoms with E-state index in [4.69, 9.17) is 4.74 Å². The lowest BCUT2D eigenvalue weighted by molar-refractivity contribution is -0.135. The molecule has 2 saturated heterocycles. The van der Waals surface area contributed by atoms with E-state index in [9.17, 15) is 4.79 Å². The zero-order valence-electron chi connectivity index (χ0n) is 13.0. The van der Waals surface area contributed by atoms with Crippen molar-refractivity contribution in [2.45, 2.75) is 18.6 Å². The Bertz CT molecular complexity index is 316. The van der Waals surface area contributed by atoms with Gasteiger partial charge in [0.1, 0.15) is 0 Å². The number of nitrogens with one attached hydrogen (secondary N) is 1. The van der Waals surface area contributed by atoms with E-state index in [1.807, 2.05) is 4.90 Å². The summed E-state index contributed by atoms with van der Waals surface area (Å²) in [5.74, 6) is 0.247. The van der Waals surface area contributed by atoms with Gasteiger partial charge in [0.2, 0.25) is 5.91 Å². The van der Waals surface area contributed by atoms with Crippen LogP contribution in [0.4, 0.5) is 0 Å². The van der Waals surface area contributed by atoms with Gasteiger partial charge in [-0.2, -0.15) is 0 Å². The molecule has 0 aromatic heterocycles. The summed E-state index contributed by atoms with van der Waals surface area (Å²) in [7, 11) is 5.90. The van der Waals surface area contributed by atoms with Gasteiger partial charge >= 0.3 is 0 Å². The zero-order chi connectivity index (χ0) is 14.5. The Morgan fingerprint density at radius 3 is 2.55 bits per heavy atom. The SMILES string of the molecule is COC1CNC(C(=O)N2CCN(CCN(C)C)CC2)C1. The Labute approximate surface area is 122 Å². The minimum absolute atomic E-state index is 0.0479. The van der Waals surface area contributed by atoms with Gasteiger partial charge < -0.3 is 19.9 Å². The topological polar surface area (TPSA) is 48.1 Å². The Morgan fingerprint density at radius 2 is 2.00 bits per heavy atom. The molecule has 2 rings (SSSR count). The van der Waals surface area contributed by atoms with Crippen molar-refractivity contribution < 1.29 is 9.53 Å². The normalized spacial score (nSPS) is 28.3. The number of methoxy groups -OCH3 is 1. The second kappa shape index (κ2) is 7.36. The summed E-state index contributed by atoms with van der Waals surface area (Å²) >= 11 is 0. The van der Waals surface area contributed by atoms with Crippen molar-refractivity contribution in [1.29, 1.82) is 0 Å². The van der Waals surface area contributed by atoms with E-state index in [1.165, 1.54) is 0 Å². The molecule has 116 valence electrons. The highest BCUT2D eigenvalue weighted by Gasteiger charge is 2.33. The van der Waals surface area contributed by atoms with E-state index in [1.54, 1.807) is 7.11 Å². The molecule has 0 aromatic rings. The maximum Gasteiger partial charge on any atom is 0.239 e. The average molecular weight is 284 g/mol. The summed E-state index contributed by atoms with van der Waals surface area (Å²) in [6.45, 7) is 6.62. The van der Waals surface area contributed by atoms with E-state index in [0.717, 1.165) is 52.2 Å². The molecule has 0 radical (unpaired) electrons. The van der Waals surface area contributed by atoms with Crippen LogP contribution in [0.2, 0.25) is 0 Å². The van der Waals surface area contributed by atoms with Crippen LogP contribution in [0.25, 0.3) is 0 Å². The average Bonchev–Trinajstić information content (AvgIpc) is 2.94. The van der Waals surface area contributed by atoms with Crippen LogP contribution in [-0.2, 0) is 9.53 Å². The number of carbonyl (C=O) groups excluding carboxylic acids is 1. The number of rotatable bonds is 5. The lowest BCUT2D eigenvalue weighted by atomic mass is 10.1. The van der Waals surface area contributed by atoms with Crippen LogP contribution in [0.3, 0.4) is 0 Å². The maximum atomic E-state index is 12.4. The molecule has 2 aliphatic rings. The molecule has 0 saturated carbocycles. The van der Waals surface area contributed by atoms with Crippen molar-refractivity contribution in [3.63, 3.8) is 0 Å². The van der Waals surface area contributed by atoms with Crippen molar-refractivity contribution in [2.75, 3.05) is 67.0 Å². The number of likely N-dealkylation sites (N-methyl/N-ethyl adjacent to an activating group) is 1. The van der Waals surface area contributed by atoms with Crippen LogP contribution in [-0.4, -0.2) is 99.8 Å². The molecule has 6 nitrogen and oxygen atoms in total. The smallest absolute Gasteiger partial charge is 0.239 e. The van der Waals surface area contributed by atoms with Crippen LogP contribution >= 0.6 is 0 Å². The Hall–Kier alpha value is -0.690. The summed E-state index contributed by atoms with van der Waals surface area (Å²) in [5, 5.41) is 3.27. The summed E-state index contributed by atoms with van der Waals surface area (Å²) in [5.41, 5.74) is 0. The van der Waals surface area contributed by atoms with E-state index in [-0.39, 0.29) is 18.1 Å². The predicted octanol–water partition coefficient (Wildman–Crippen LogP) is -0.931. The lowest BCUT2D eigenvalue weighted by Crippen LogP contribution is -2.53. The fraction of sp³-hybridized carbons (Fsp3) is 0.929. The van der Waals surface area contributed by atoms with E-state index in [2.05, 4.69) is 29.2 Å². The van der Waals surface area contributed by atoms with Gasteiger partial charge in [0, 0.05) is 52.9 Å². The van der Waals surface area contributed by atoms with Gasteiger partial charge in [-0.15, -0.1) is 0 Å². The molecule has 20 heavy (non-hydrogen) atoms. The monoisotopic (exact) mass is 284 g/mol. The predicted molar refractivity (Wildman–Crippen MR) is 78.8 cm³/mol. The minimum Gasteiger partial charge on any atom is -0.380 e. The van der Waals surface area contributed by atoms with E-state index >= 15 is 0 Å². The third kappa shape index (κ3) is 4.15. The number of piperazine rings is 1. The van der Waals surface area contributed by atoms with Gasteiger partial charge in [0.25, 0.3) is 0 Å². The highest BCUT2D eigenvalue weighted by molar-refractivity contribution is 5.82. The second-order valence-corrected chi connectivity index (χ2v) is 6.02. The highest BCUT2D eigenvalue weighted by atomic mass is 16.5. The fourth-order valence-corrected chi connectivity index (χ4v) is 2.82. The summed E-state index contributed by atoms with van der Waals surface area (Å²) in [6.07, 6.45) is 0.987. The molecule has 0 aliphatic carbocycles. The first kappa shape index (κ1) is 15.7. The maximum absolute atomic E-state index is 12.4. The van der Waals surface area contributed by atoms with Gasteiger partial charge in [0.15, 0.2) is 0 Å². The molecule has 6 heteroatoms. The van der Waals surface area contributed by atoms with Crippen molar-refractivity contribution in [3.8, 4) is 0 Å². The third-order valence-electron chi connectivity index (χ3n) is 4.27. The standard InChI is InChI=1S/C14H28N4O2/c1-16(2)4-5-17-6-8-18(9-7-17)14(19)13-10-12(20-3)11-15-13/h12-13,15H,4-11H2,1-3H3. The van der Waals surface area contributed by atoms with Gasteiger partial charge in [-0.25, -0.2) is 0 Å².